The quantitative estimate of drug-likeness (QED) is 0.842. The Hall–Kier alpha value is -0.910. The highest BCUT2D eigenvalue weighted by Gasteiger charge is 2.35. The number of carbonyl (C=O) groups is 2. The lowest BCUT2D eigenvalue weighted by Gasteiger charge is -2.39. The first-order valence-corrected chi connectivity index (χ1v) is 8.08. The Morgan fingerprint density at radius 2 is 2.11 bits per heavy atom. The summed E-state index contributed by atoms with van der Waals surface area (Å²) in [6, 6.07) is -0.707. The smallest absolute Gasteiger partial charge is 0.326 e. The van der Waals surface area contributed by atoms with Gasteiger partial charge < -0.3 is 14.9 Å². The number of likely N-dealkylation sites (tertiary alicyclic amines) is 1. The van der Waals surface area contributed by atoms with E-state index in [-0.39, 0.29) is 6.03 Å². The third-order valence-corrected chi connectivity index (χ3v) is 5.27. The molecule has 0 spiro atoms. The van der Waals surface area contributed by atoms with Crippen molar-refractivity contribution in [3.8, 4) is 0 Å². The SMILES string of the molecule is CCC1CN(C(=O)N2CCCCC2C(=O)O)CCS1. The lowest BCUT2D eigenvalue weighted by molar-refractivity contribution is -0.143. The molecule has 2 rings (SSSR count). The Labute approximate surface area is 118 Å². The maximum Gasteiger partial charge on any atom is 0.326 e. The van der Waals surface area contributed by atoms with Gasteiger partial charge in [-0.2, -0.15) is 11.8 Å². The summed E-state index contributed by atoms with van der Waals surface area (Å²) in [5, 5.41) is 9.73. The van der Waals surface area contributed by atoms with Crippen molar-refractivity contribution in [1.29, 1.82) is 0 Å². The summed E-state index contributed by atoms with van der Waals surface area (Å²) in [6.07, 6.45) is 3.45. The summed E-state index contributed by atoms with van der Waals surface area (Å²) >= 11 is 1.91. The van der Waals surface area contributed by atoms with E-state index in [4.69, 9.17) is 0 Å². The molecular formula is C13H22N2O3S. The summed E-state index contributed by atoms with van der Waals surface area (Å²) in [5.41, 5.74) is 0. The van der Waals surface area contributed by atoms with E-state index in [1.165, 1.54) is 0 Å². The minimum Gasteiger partial charge on any atom is -0.480 e. The molecule has 2 aliphatic rings. The van der Waals surface area contributed by atoms with Gasteiger partial charge in [-0.25, -0.2) is 9.59 Å². The van der Waals surface area contributed by atoms with Crippen LogP contribution in [0.3, 0.4) is 0 Å². The molecule has 2 fully saturated rings. The molecule has 5 nitrogen and oxygen atoms in total. The Kier molecular flexibility index (Phi) is 4.96. The van der Waals surface area contributed by atoms with Crippen LogP contribution in [-0.2, 0) is 4.79 Å². The third-order valence-electron chi connectivity index (χ3n) is 3.90. The van der Waals surface area contributed by atoms with E-state index in [1.807, 2.05) is 16.7 Å². The molecule has 0 aromatic rings. The number of aliphatic carboxylic acids is 1. The molecule has 2 atom stereocenters. The maximum atomic E-state index is 12.5. The van der Waals surface area contributed by atoms with Gasteiger partial charge in [0.1, 0.15) is 6.04 Å². The van der Waals surface area contributed by atoms with Crippen LogP contribution in [-0.4, -0.2) is 63.6 Å². The molecule has 1 N–H and O–H groups in total. The number of carboxylic acid groups (broad SMARTS) is 1. The second kappa shape index (κ2) is 6.50. The molecule has 19 heavy (non-hydrogen) atoms. The van der Waals surface area contributed by atoms with Crippen LogP contribution in [0.1, 0.15) is 32.6 Å². The molecule has 2 aliphatic heterocycles. The first-order chi connectivity index (χ1) is 9.13. The summed E-state index contributed by atoms with van der Waals surface area (Å²) in [6.45, 7) is 4.20. The van der Waals surface area contributed by atoms with E-state index in [1.54, 1.807) is 4.90 Å². The van der Waals surface area contributed by atoms with Gasteiger partial charge >= 0.3 is 12.0 Å². The zero-order valence-corrected chi connectivity index (χ0v) is 12.2. The zero-order chi connectivity index (χ0) is 13.8. The average Bonchev–Trinajstić information content (AvgIpc) is 2.46. The van der Waals surface area contributed by atoms with Gasteiger partial charge in [0.05, 0.1) is 0 Å². The molecule has 6 heteroatoms. The highest BCUT2D eigenvalue weighted by Crippen LogP contribution is 2.24. The van der Waals surface area contributed by atoms with E-state index >= 15 is 0 Å². The van der Waals surface area contributed by atoms with E-state index in [2.05, 4.69) is 6.92 Å². The molecule has 2 unspecified atom stereocenters. The maximum absolute atomic E-state index is 12.5. The van der Waals surface area contributed by atoms with Crippen LogP contribution in [0.4, 0.5) is 4.79 Å². The molecule has 2 amide bonds. The van der Waals surface area contributed by atoms with Crippen molar-refractivity contribution >= 4 is 23.8 Å². The topological polar surface area (TPSA) is 60.9 Å². The fraction of sp³-hybridized carbons (Fsp3) is 0.846. The van der Waals surface area contributed by atoms with Crippen LogP contribution >= 0.6 is 11.8 Å². The highest BCUT2D eigenvalue weighted by molar-refractivity contribution is 8.00. The number of amides is 2. The van der Waals surface area contributed by atoms with Crippen molar-refractivity contribution in [3.63, 3.8) is 0 Å². The molecule has 0 saturated carbocycles. The summed E-state index contributed by atoms with van der Waals surface area (Å²) < 4.78 is 0. The number of rotatable bonds is 2. The summed E-state index contributed by atoms with van der Waals surface area (Å²) in [5.74, 6) is 0.0852. The predicted octanol–water partition coefficient (Wildman–Crippen LogP) is 1.87. The van der Waals surface area contributed by atoms with E-state index in [9.17, 15) is 14.7 Å². The van der Waals surface area contributed by atoms with E-state index in [0.29, 0.717) is 18.2 Å². The largest absolute Gasteiger partial charge is 0.480 e. The first kappa shape index (κ1) is 14.5. The van der Waals surface area contributed by atoms with Gasteiger partial charge in [0.25, 0.3) is 0 Å². The lowest BCUT2D eigenvalue weighted by atomic mass is 10.0. The standard InChI is InChI=1S/C13H22N2O3S/c1-2-10-9-14(7-8-19-10)13(18)15-6-4-3-5-11(15)12(16)17/h10-11H,2-9H2,1H3,(H,16,17). The van der Waals surface area contributed by atoms with Gasteiger partial charge in [-0.3, -0.25) is 0 Å². The number of carbonyl (C=O) groups excluding carboxylic acids is 1. The van der Waals surface area contributed by atoms with Crippen LogP contribution < -0.4 is 0 Å². The van der Waals surface area contributed by atoms with Gasteiger partial charge in [-0.1, -0.05) is 6.92 Å². The Morgan fingerprint density at radius 3 is 2.79 bits per heavy atom. The van der Waals surface area contributed by atoms with E-state index < -0.39 is 12.0 Å². The van der Waals surface area contributed by atoms with Crippen molar-refractivity contribution in [1.82, 2.24) is 9.80 Å². The van der Waals surface area contributed by atoms with Crippen molar-refractivity contribution in [2.75, 3.05) is 25.4 Å². The second-order valence-corrected chi connectivity index (χ2v) is 6.58. The molecular weight excluding hydrogens is 264 g/mol. The number of piperidine rings is 1. The number of carboxylic acids is 1. The number of nitrogens with zero attached hydrogens (tertiary/aromatic N) is 2. The molecule has 2 heterocycles. The summed E-state index contributed by atoms with van der Waals surface area (Å²) in [4.78, 5) is 27.2. The molecule has 108 valence electrons. The van der Waals surface area contributed by atoms with Crippen molar-refractivity contribution < 1.29 is 14.7 Å². The molecule has 0 radical (unpaired) electrons. The van der Waals surface area contributed by atoms with Crippen LogP contribution in [0.5, 0.6) is 0 Å². The number of thioether (sulfide) groups is 1. The van der Waals surface area contributed by atoms with Crippen LogP contribution in [0, 0.1) is 0 Å². The summed E-state index contributed by atoms with van der Waals surface area (Å²) in [7, 11) is 0. The second-order valence-electron chi connectivity index (χ2n) is 5.17. The Bertz CT molecular complexity index is 351. The van der Waals surface area contributed by atoms with Crippen molar-refractivity contribution in [2.24, 2.45) is 0 Å². The van der Waals surface area contributed by atoms with Crippen LogP contribution in [0.25, 0.3) is 0 Å². The van der Waals surface area contributed by atoms with Crippen molar-refractivity contribution in [3.05, 3.63) is 0 Å². The van der Waals surface area contributed by atoms with Crippen molar-refractivity contribution in [2.45, 2.75) is 43.9 Å². The fourth-order valence-electron chi connectivity index (χ4n) is 2.74. The normalized spacial score (nSPS) is 28.3. The molecule has 2 saturated heterocycles. The van der Waals surface area contributed by atoms with Crippen LogP contribution in [0.15, 0.2) is 0 Å². The van der Waals surface area contributed by atoms with Gasteiger partial charge in [-0.15, -0.1) is 0 Å². The zero-order valence-electron chi connectivity index (χ0n) is 11.4. The first-order valence-electron chi connectivity index (χ1n) is 7.03. The molecule has 0 aromatic heterocycles. The van der Waals surface area contributed by atoms with Gasteiger partial charge in [-0.05, 0) is 25.7 Å². The number of hydrogen-bond acceptors (Lipinski definition) is 3. The number of urea groups is 1. The molecule has 0 aliphatic carbocycles. The number of hydrogen-bond donors (Lipinski definition) is 1. The van der Waals surface area contributed by atoms with Gasteiger partial charge in [0.2, 0.25) is 0 Å². The molecule has 0 bridgehead atoms. The minimum absolute atomic E-state index is 0.0779. The molecule has 0 aromatic carbocycles. The predicted molar refractivity (Wildman–Crippen MR) is 75.5 cm³/mol. The average molecular weight is 286 g/mol. The van der Waals surface area contributed by atoms with E-state index in [0.717, 1.165) is 38.1 Å². The monoisotopic (exact) mass is 286 g/mol. The highest BCUT2D eigenvalue weighted by atomic mass is 32.2. The Morgan fingerprint density at radius 1 is 1.32 bits per heavy atom. The van der Waals surface area contributed by atoms with Crippen LogP contribution in [0.2, 0.25) is 0 Å². The Balaban J connectivity index is 2.02. The van der Waals surface area contributed by atoms with Gasteiger partial charge in [0.15, 0.2) is 0 Å². The lowest BCUT2D eigenvalue weighted by Crippen LogP contribution is -2.55. The third kappa shape index (κ3) is 3.35. The minimum atomic E-state index is -0.869. The van der Waals surface area contributed by atoms with Gasteiger partial charge in [0, 0.05) is 30.6 Å². The fourth-order valence-corrected chi connectivity index (χ4v) is 3.92.